The summed E-state index contributed by atoms with van der Waals surface area (Å²) in [6.07, 6.45) is 6.43. The Morgan fingerprint density at radius 3 is 2.29 bits per heavy atom. The van der Waals surface area contributed by atoms with Crippen LogP contribution in [0.5, 0.6) is 0 Å². The van der Waals surface area contributed by atoms with E-state index in [2.05, 4.69) is 6.92 Å². The third-order valence-corrected chi connectivity index (χ3v) is 4.99. The Kier molecular flexibility index (Phi) is 5.42. The first kappa shape index (κ1) is 14.9. The third-order valence-electron chi connectivity index (χ3n) is 4.99. The first-order valence-corrected chi connectivity index (χ1v) is 6.99. The number of rotatable bonds is 6. The van der Waals surface area contributed by atoms with E-state index in [-0.39, 0.29) is 5.41 Å². The molecule has 0 amide bonds. The highest BCUT2D eigenvalue weighted by Crippen LogP contribution is 2.48. The van der Waals surface area contributed by atoms with E-state index < -0.39 is 5.60 Å². The molecule has 0 aromatic carbocycles. The van der Waals surface area contributed by atoms with Crippen LogP contribution in [0.15, 0.2) is 0 Å². The number of hydrogen-bond acceptors (Lipinski definition) is 3. The molecule has 0 aromatic rings. The third kappa shape index (κ3) is 2.83. The fraction of sp³-hybridized carbons (Fsp3) is 1.00. The highest BCUT2D eigenvalue weighted by Gasteiger charge is 2.49. The minimum absolute atomic E-state index is 0.135. The first-order chi connectivity index (χ1) is 8.07. The van der Waals surface area contributed by atoms with E-state index in [0.717, 1.165) is 25.2 Å². The zero-order valence-corrected chi connectivity index (χ0v) is 11.7. The molecule has 0 aliphatic heterocycles. The molecule has 1 rings (SSSR count). The predicted octanol–water partition coefficient (Wildman–Crippen LogP) is 2.32. The molecular weight excluding hydrogens is 214 g/mol. The van der Waals surface area contributed by atoms with E-state index in [1.807, 2.05) is 6.92 Å². The van der Waals surface area contributed by atoms with Crippen molar-refractivity contribution in [3.63, 3.8) is 0 Å². The summed E-state index contributed by atoms with van der Waals surface area (Å²) < 4.78 is 5.23. The maximum Gasteiger partial charge on any atom is 0.0945 e. The van der Waals surface area contributed by atoms with Gasteiger partial charge in [0.15, 0.2) is 0 Å². The SMILES string of the molecule is CCC1CCC(CN)(C(O)(CC)COC)CC1. The standard InChI is InChI=1S/C14H29NO2/c1-4-12-6-8-13(10-15,9-7-12)14(16,5-2)11-17-3/h12,16H,4-11,15H2,1-3H3. The fourth-order valence-corrected chi connectivity index (χ4v) is 3.37. The van der Waals surface area contributed by atoms with Crippen molar-refractivity contribution < 1.29 is 9.84 Å². The summed E-state index contributed by atoms with van der Waals surface area (Å²) in [5, 5.41) is 10.8. The smallest absolute Gasteiger partial charge is 0.0945 e. The topological polar surface area (TPSA) is 55.5 Å². The molecule has 1 fully saturated rings. The quantitative estimate of drug-likeness (QED) is 0.752. The molecule has 0 spiro atoms. The molecule has 0 bridgehead atoms. The summed E-state index contributed by atoms with van der Waals surface area (Å²) in [6.45, 7) is 5.25. The maximum atomic E-state index is 10.8. The van der Waals surface area contributed by atoms with Gasteiger partial charge in [-0.1, -0.05) is 20.3 Å². The Balaban J connectivity index is 2.81. The van der Waals surface area contributed by atoms with Crippen molar-refractivity contribution in [1.82, 2.24) is 0 Å². The van der Waals surface area contributed by atoms with Crippen molar-refractivity contribution in [2.75, 3.05) is 20.3 Å². The Morgan fingerprint density at radius 2 is 1.94 bits per heavy atom. The van der Waals surface area contributed by atoms with E-state index in [1.54, 1.807) is 7.11 Å². The van der Waals surface area contributed by atoms with Gasteiger partial charge >= 0.3 is 0 Å². The van der Waals surface area contributed by atoms with Gasteiger partial charge < -0.3 is 15.6 Å². The predicted molar refractivity (Wildman–Crippen MR) is 70.9 cm³/mol. The van der Waals surface area contributed by atoms with Crippen LogP contribution in [0.3, 0.4) is 0 Å². The Labute approximate surface area is 106 Å². The van der Waals surface area contributed by atoms with Gasteiger partial charge in [0, 0.05) is 19.1 Å². The first-order valence-electron chi connectivity index (χ1n) is 6.99. The van der Waals surface area contributed by atoms with Crippen molar-refractivity contribution in [3.05, 3.63) is 0 Å². The molecule has 0 radical (unpaired) electrons. The number of methoxy groups -OCH3 is 1. The van der Waals surface area contributed by atoms with E-state index in [9.17, 15) is 5.11 Å². The van der Waals surface area contributed by atoms with Crippen LogP contribution in [0.4, 0.5) is 0 Å². The van der Waals surface area contributed by atoms with Gasteiger partial charge in [0.1, 0.15) is 0 Å². The second kappa shape index (κ2) is 6.17. The minimum Gasteiger partial charge on any atom is -0.387 e. The normalized spacial score (nSPS) is 33.4. The van der Waals surface area contributed by atoms with Crippen LogP contribution < -0.4 is 5.73 Å². The second-order valence-corrected chi connectivity index (χ2v) is 5.65. The molecule has 0 aromatic heterocycles. The van der Waals surface area contributed by atoms with Gasteiger partial charge in [-0.05, 0) is 38.0 Å². The van der Waals surface area contributed by atoms with Crippen molar-refractivity contribution in [2.24, 2.45) is 17.1 Å². The van der Waals surface area contributed by atoms with Crippen molar-refractivity contribution in [1.29, 1.82) is 0 Å². The molecule has 3 N–H and O–H groups in total. The van der Waals surface area contributed by atoms with Crippen molar-refractivity contribution in [3.8, 4) is 0 Å². The van der Waals surface area contributed by atoms with Crippen LogP contribution in [-0.2, 0) is 4.74 Å². The highest BCUT2D eigenvalue weighted by molar-refractivity contribution is 5.01. The summed E-state index contributed by atoms with van der Waals surface area (Å²) >= 11 is 0. The van der Waals surface area contributed by atoms with E-state index in [1.165, 1.54) is 19.3 Å². The molecule has 1 saturated carbocycles. The summed E-state index contributed by atoms with van der Waals surface area (Å²) in [7, 11) is 1.66. The second-order valence-electron chi connectivity index (χ2n) is 5.65. The van der Waals surface area contributed by atoms with Gasteiger partial charge in [-0.15, -0.1) is 0 Å². The maximum absolute atomic E-state index is 10.8. The summed E-state index contributed by atoms with van der Waals surface area (Å²) in [6, 6.07) is 0. The van der Waals surface area contributed by atoms with Crippen molar-refractivity contribution in [2.45, 2.75) is 58.0 Å². The molecule has 1 atom stereocenters. The van der Waals surface area contributed by atoms with Crippen molar-refractivity contribution >= 4 is 0 Å². The molecule has 17 heavy (non-hydrogen) atoms. The van der Waals surface area contributed by atoms with Gasteiger partial charge in [-0.25, -0.2) is 0 Å². The van der Waals surface area contributed by atoms with E-state index >= 15 is 0 Å². The van der Waals surface area contributed by atoms with Gasteiger partial charge in [0.2, 0.25) is 0 Å². The van der Waals surface area contributed by atoms with Crippen LogP contribution >= 0.6 is 0 Å². The van der Waals surface area contributed by atoms with E-state index in [0.29, 0.717) is 13.2 Å². The zero-order valence-electron chi connectivity index (χ0n) is 11.7. The number of aliphatic hydroxyl groups is 1. The molecule has 1 aliphatic rings. The number of ether oxygens (including phenoxy) is 1. The fourth-order valence-electron chi connectivity index (χ4n) is 3.37. The lowest BCUT2D eigenvalue weighted by Gasteiger charge is -2.50. The van der Waals surface area contributed by atoms with Gasteiger partial charge in [0.05, 0.1) is 12.2 Å². The van der Waals surface area contributed by atoms with Gasteiger partial charge in [-0.3, -0.25) is 0 Å². The Bertz CT molecular complexity index is 224. The van der Waals surface area contributed by atoms with Crippen LogP contribution in [0, 0.1) is 11.3 Å². The zero-order chi connectivity index (χ0) is 12.9. The monoisotopic (exact) mass is 243 g/mol. The summed E-state index contributed by atoms with van der Waals surface area (Å²) in [5.74, 6) is 0.818. The number of nitrogens with two attached hydrogens (primary N) is 1. The van der Waals surface area contributed by atoms with Crippen LogP contribution in [0.2, 0.25) is 0 Å². The molecule has 0 heterocycles. The van der Waals surface area contributed by atoms with Gasteiger partial charge in [0.25, 0.3) is 0 Å². The molecule has 1 unspecified atom stereocenters. The molecule has 102 valence electrons. The van der Waals surface area contributed by atoms with E-state index in [4.69, 9.17) is 10.5 Å². The molecule has 3 heteroatoms. The largest absolute Gasteiger partial charge is 0.387 e. The average molecular weight is 243 g/mol. The highest BCUT2D eigenvalue weighted by atomic mass is 16.5. The summed E-state index contributed by atoms with van der Waals surface area (Å²) in [4.78, 5) is 0. The molecule has 1 aliphatic carbocycles. The lowest BCUT2D eigenvalue weighted by molar-refractivity contribution is -0.142. The Hall–Kier alpha value is -0.120. The molecule has 0 saturated heterocycles. The Morgan fingerprint density at radius 1 is 1.35 bits per heavy atom. The molecule has 3 nitrogen and oxygen atoms in total. The summed E-state index contributed by atoms with van der Waals surface area (Å²) in [5.41, 5.74) is 5.11. The van der Waals surface area contributed by atoms with Crippen LogP contribution in [0.1, 0.15) is 52.4 Å². The lowest BCUT2D eigenvalue weighted by Crippen LogP contribution is -2.56. The molecular formula is C14H29NO2. The minimum atomic E-state index is -0.755. The average Bonchev–Trinajstić information content (AvgIpc) is 2.38. The number of hydrogen-bond donors (Lipinski definition) is 2. The van der Waals surface area contributed by atoms with Gasteiger partial charge in [-0.2, -0.15) is 0 Å². The van der Waals surface area contributed by atoms with Crippen LogP contribution in [0.25, 0.3) is 0 Å². The van der Waals surface area contributed by atoms with Crippen LogP contribution in [-0.4, -0.2) is 31.0 Å². The lowest BCUT2D eigenvalue weighted by atomic mass is 9.60.